The third-order valence-electron chi connectivity index (χ3n) is 5.04. The average molecular weight is 382 g/mol. The number of imidazole rings is 1. The highest BCUT2D eigenvalue weighted by Crippen LogP contribution is 2.21. The van der Waals surface area contributed by atoms with Gasteiger partial charge in [-0.3, -0.25) is 14.0 Å². The molecule has 0 aromatic carbocycles. The Hall–Kier alpha value is -3.23. The maximum absolute atomic E-state index is 13.0. The minimum Gasteiger partial charge on any atom is -0.347 e. The molecule has 146 valence electrons. The molecular weight excluding hydrogens is 360 g/mol. The molecule has 0 radical (unpaired) electrons. The van der Waals surface area contributed by atoms with Crippen molar-refractivity contribution in [1.29, 1.82) is 0 Å². The highest BCUT2D eigenvalue weighted by Gasteiger charge is 2.30. The number of likely N-dealkylation sites (tertiary alicyclic amines) is 1. The van der Waals surface area contributed by atoms with Gasteiger partial charge in [0.2, 0.25) is 11.8 Å². The standard InChI is InChI=1S/C19H22N6O3/c1-12-17(25-8-4-3-5-15(25)21-12)19(27)24-9-6-14(7-10-24)18(26)20-11-16-22-13(2)23-28-16/h3-5,8,14H,6-7,9-11H2,1-2H3,(H,20,26). The number of nitrogens with one attached hydrogen (secondary N) is 1. The van der Waals surface area contributed by atoms with Crippen molar-refractivity contribution in [2.75, 3.05) is 13.1 Å². The summed E-state index contributed by atoms with van der Waals surface area (Å²) in [5.41, 5.74) is 2.06. The third-order valence-corrected chi connectivity index (χ3v) is 5.04. The summed E-state index contributed by atoms with van der Waals surface area (Å²) in [5.74, 6) is 0.710. The molecule has 28 heavy (non-hydrogen) atoms. The molecule has 1 fully saturated rings. The summed E-state index contributed by atoms with van der Waals surface area (Å²) < 4.78 is 6.82. The van der Waals surface area contributed by atoms with Crippen LogP contribution in [0.4, 0.5) is 0 Å². The van der Waals surface area contributed by atoms with E-state index in [9.17, 15) is 9.59 Å². The van der Waals surface area contributed by atoms with Crippen LogP contribution in [0.15, 0.2) is 28.9 Å². The minimum absolute atomic E-state index is 0.0450. The Labute approximate surface area is 161 Å². The van der Waals surface area contributed by atoms with E-state index >= 15 is 0 Å². The molecule has 1 aliphatic rings. The van der Waals surface area contributed by atoms with E-state index in [0.717, 1.165) is 5.65 Å². The Morgan fingerprint density at radius 1 is 1.21 bits per heavy atom. The smallest absolute Gasteiger partial charge is 0.272 e. The summed E-state index contributed by atoms with van der Waals surface area (Å²) in [6, 6.07) is 5.66. The number of fused-ring (bicyclic) bond motifs is 1. The summed E-state index contributed by atoms with van der Waals surface area (Å²) in [7, 11) is 0. The molecule has 1 N–H and O–H groups in total. The maximum Gasteiger partial charge on any atom is 0.272 e. The number of nitrogens with zero attached hydrogens (tertiary/aromatic N) is 5. The van der Waals surface area contributed by atoms with Crippen LogP contribution in [0.1, 0.15) is 40.7 Å². The second-order valence-corrected chi connectivity index (χ2v) is 6.99. The van der Waals surface area contributed by atoms with Gasteiger partial charge in [-0.25, -0.2) is 4.98 Å². The number of rotatable bonds is 4. The van der Waals surface area contributed by atoms with Crippen molar-refractivity contribution in [2.45, 2.75) is 33.2 Å². The van der Waals surface area contributed by atoms with Crippen molar-refractivity contribution < 1.29 is 14.1 Å². The van der Waals surface area contributed by atoms with E-state index < -0.39 is 0 Å². The van der Waals surface area contributed by atoms with E-state index in [4.69, 9.17) is 4.52 Å². The monoisotopic (exact) mass is 382 g/mol. The van der Waals surface area contributed by atoms with Gasteiger partial charge in [0.25, 0.3) is 5.91 Å². The van der Waals surface area contributed by atoms with Crippen LogP contribution in [0.25, 0.3) is 5.65 Å². The molecular formula is C19H22N6O3. The van der Waals surface area contributed by atoms with Crippen LogP contribution in [0.5, 0.6) is 0 Å². The highest BCUT2D eigenvalue weighted by atomic mass is 16.5. The van der Waals surface area contributed by atoms with E-state index in [1.54, 1.807) is 11.8 Å². The minimum atomic E-state index is -0.128. The number of amides is 2. The summed E-state index contributed by atoms with van der Waals surface area (Å²) in [6.45, 7) is 4.87. The Morgan fingerprint density at radius 2 is 2.00 bits per heavy atom. The molecule has 0 spiro atoms. The van der Waals surface area contributed by atoms with E-state index in [2.05, 4.69) is 20.4 Å². The van der Waals surface area contributed by atoms with Crippen molar-refractivity contribution in [3.8, 4) is 0 Å². The molecule has 4 rings (SSSR count). The van der Waals surface area contributed by atoms with Crippen LogP contribution in [0, 0.1) is 19.8 Å². The number of carbonyl (C=O) groups is 2. The van der Waals surface area contributed by atoms with Gasteiger partial charge < -0.3 is 14.7 Å². The number of aromatic nitrogens is 4. The van der Waals surface area contributed by atoms with Crippen molar-refractivity contribution in [3.05, 3.63) is 47.5 Å². The predicted molar refractivity (Wildman–Crippen MR) is 99.4 cm³/mol. The number of carbonyl (C=O) groups excluding carboxylic acids is 2. The number of pyridine rings is 1. The Balaban J connectivity index is 1.36. The van der Waals surface area contributed by atoms with Gasteiger partial charge in [0.05, 0.1) is 12.2 Å². The fourth-order valence-electron chi connectivity index (χ4n) is 3.58. The number of hydrogen-bond acceptors (Lipinski definition) is 6. The lowest BCUT2D eigenvalue weighted by atomic mass is 9.95. The first-order valence-corrected chi connectivity index (χ1v) is 9.33. The van der Waals surface area contributed by atoms with Crippen molar-refractivity contribution in [3.63, 3.8) is 0 Å². The molecule has 9 nitrogen and oxygen atoms in total. The van der Waals surface area contributed by atoms with E-state index in [0.29, 0.717) is 49.0 Å². The van der Waals surface area contributed by atoms with Gasteiger partial charge in [-0.05, 0) is 38.8 Å². The zero-order valence-corrected chi connectivity index (χ0v) is 15.9. The molecule has 0 saturated carbocycles. The Morgan fingerprint density at radius 3 is 2.71 bits per heavy atom. The van der Waals surface area contributed by atoms with Gasteiger partial charge in [-0.15, -0.1) is 0 Å². The van der Waals surface area contributed by atoms with Crippen LogP contribution in [0.2, 0.25) is 0 Å². The van der Waals surface area contributed by atoms with Crippen molar-refractivity contribution >= 4 is 17.5 Å². The molecule has 0 bridgehead atoms. The van der Waals surface area contributed by atoms with Crippen molar-refractivity contribution in [1.82, 2.24) is 29.7 Å². The maximum atomic E-state index is 13.0. The van der Waals surface area contributed by atoms with Crippen LogP contribution >= 0.6 is 0 Å². The molecule has 0 atom stereocenters. The van der Waals surface area contributed by atoms with E-state index in [-0.39, 0.29) is 24.3 Å². The summed E-state index contributed by atoms with van der Waals surface area (Å²) >= 11 is 0. The van der Waals surface area contributed by atoms with Crippen LogP contribution in [0.3, 0.4) is 0 Å². The van der Waals surface area contributed by atoms with Gasteiger partial charge >= 0.3 is 0 Å². The van der Waals surface area contributed by atoms with Gasteiger partial charge in [0, 0.05) is 25.2 Å². The zero-order valence-electron chi connectivity index (χ0n) is 15.9. The lowest BCUT2D eigenvalue weighted by Gasteiger charge is -2.31. The molecule has 4 heterocycles. The number of hydrogen-bond donors (Lipinski definition) is 1. The molecule has 3 aromatic heterocycles. The van der Waals surface area contributed by atoms with Crippen molar-refractivity contribution in [2.24, 2.45) is 5.92 Å². The lowest BCUT2D eigenvalue weighted by Crippen LogP contribution is -2.43. The molecule has 0 unspecified atom stereocenters. The SMILES string of the molecule is Cc1noc(CNC(=O)C2CCN(C(=O)c3c(C)nc4ccccn34)CC2)n1. The highest BCUT2D eigenvalue weighted by molar-refractivity contribution is 5.95. The van der Waals surface area contributed by atoms with Crippen LogP contribution in [-0.2, 0) is 11.3 Å². The fourth-order valence-corrected chi connectivity index (χ4v) is 3.58. The number of piperidine rings is 1. The van der Waals surface area contributed by atoms with E-state index in [1.807, 2.05) is 35.7 Å². The van der Waals surface area contributed by atoms with Gasteiger partial charge in [-0.1, -0.05) is 11.2 Å². The molecule has 1 saturated heterocycles. The normalized spacial score (nSPS) is 15.1. The first-order valence-electron chi connectivity index (χ1n) is 9.33. The molecule has 3 aromatic rings. The topological polar surface area (TPSA) is 106 Å². The zero-order chi connectivity index (χ0) is 19.7. The van der Waals surface area contributed by atoms with E-state index in [1.165, 1.54) is 0 Å². The van der Waals surface area contributed by atoms with Gasteiger partial charge in [0.1, 0.15) is 11.3 Å². The molecule has 0 aliphatic carbocycles. The molecule has 1 aliphatic heterocycles. The summed E-state index contributed by atoms with van der Waals surface area (Å²) in [4.78, 5) is 35.7. The Kier molecular flexibility index (Phi) is 4.81. The van der Waals surface area contributed by atoms with Crippen LogP contribution in [-0.4, -0.2) is 49.3 Å². The Bertz CT molecular complexity index is 1020. The van der Waals surface area contributed by atoms with Gasteiger partial charge in [0.15, 0.2) is 5.82 Å². The first kappa shape index (κ1) is 18.1. The first-order chi connectivity index (χ1) is 13.5. The molecule has 2 amide bonds. The third kappa shape index (κ3) is 3.47. The quantitative estimate of drug-likeness (QED) is 0.733. The van der Waals surface area contributed by atoms with Crippen LogP contribution < -0.4 is 5.32 Å². The van der Waals surface area contributed by atoms with Gasteiger partial charge in [-0.2, -0.15) is 4.98 Å². The average Bonchev–Trinajstić information content (AvgIpc) is 3.27. The number of aryl methyl sites for hydroxylation is 2. The lowest BCUT2D eigenvalue weighted by molar-refractivity contribution is -0.126. The molecule has 9 heteroatoms. The summed E-state index contributed by atoms with van der Waals surface area (Å²) in [6.07, 6.45) is 3.09. The summed E-state index contributed by atoms with van der Waals surface area (Å²) in [5, 5.41) is 6.53. The largest absolute Gasteiger partial charge is 0.347 e. The fraction of sp³-hybridized carbons (Fsp3) is 0.421. The second-order valence-electron chi connectivity index (χ2n) is 6.99. The second kappa shape index (κ2) is 7.41. The predicted octanol–water partition coefficient (Wildman–Crippen LogP) is 1.50.